The van der Waals surface area contributed by atoms with Crippen LogP contribution in [0.3, 0.4) is 0 Å². The van der Waals surface area contributed by atoms with Crippen molar-refractivity contribution in [2.75, 3.05) is 24.5 Å². The van der Waals surface area contributed by atoms with Crippen LogP contribution in [0.25, 0.3) is 0 Å². The van der Waals surface area contributed by atoms with E-state index < -0.39 is 10.0 Å². The summed E-state index contributed by atoms with van der Waals surface area (Å²) in [6.45, 7) is 0.118. The quantitative estimate of drug-likeness (QED) is 0.542. The number of rotatable bonds is 6. The van der Waals surface area contributed by atoms with Crippen molar-refractivity contribution in [1.82, 2.24) is 14.7 Å². The van der Waals surface area contributed by atoms with E-state index in [0.29, 0.717) is 33.7 Å². The first kappa shape index (κ1) is 19.2. The molecule has 3 aromatic rings. The Bertz CT molecular complexity index is 1170. The first-order valence-electron chi connectivity index (χ1n) is 8.45. The number of sulfonamides is 1. The monoisotopic (exact) mass is 433 g/mol. The summed E-state index contributed by atoms with van der Waals surface area (Å²) in [7, 11) is -2.20. The smallest absolute Gasteiger partial charge is 0.240 e. The van der Waals surface area contributed by atoms with E-state index in [4.69, 9.17) is 21.1 Å². The van der Waals surface area contributed by atoms with Gasteiger partial charge in [-0.15, -0.1) is 0 Å². The number of ether oxygens (including phenoxy) is 2. The van der Waals surface area contributed by atoms with Gasteiger partial charge in [0.15, 0.2) is 11.5 Å². The number of fused-ring (bicyclic) bond motifs is 1. The fourth-order valence-corrected chi connectivity index (χ4v) is 3.64. The Balaban J connectivity index is 1.58. The zero-order chi connectivity index (χ0) is 20.4. The van der Waals surface area contributed by atoms with E-state index in [1.165, 1.54) is 19.2 Å². The highest BCUT2D eigenvalue weighted by atomic mass is 35.5. The molecule has 2 aromatic carbocycles. The molecule has 0 fully saturated rings. The summed E-state index contributed by atoms with van der Waals surface area (Å²) in [5, 5.41) is 6.55. The highest BCUT2D eigenvalue weighted by Crippen LogP contribution is 2.44. The van der Waals surface area contributed by atoms with Gasteiger partial charge < -0.3 is 20.1 Å². The van der Waals surface area contributed by atoms with E-state index in [0.717, 1.165) is 0 Å². The van der Waals surface area contributed by atoms with Crippen LogP contribution in [-0.2, 0) is 10.0 Å². The van der Waals surface area contributed by atoms with Crippen molar-refractivity contribution in [3.63, 3.8) is 0 Å². The van der Waals surface area contributed by atoms with Gasteiger partial charge >= 0.3 is 0 Å². The molecular formula is C18H16ClN5O4S. The predicted octanol–water partition coefficient (Wildman–Crippen LogP) is 3.25. The van der Waals surface area contributed by atoms with Crippen LogP contribution in [0.15, 0.2) is 53.6 Å². The third-order valence-electron chi connectivity index (χ3n) is 4.07. The van der Waals surface area contributed by atoms with Gasteiger partial charge in [0.1, 0.15) is 11.5 Å². The molecule has 0 saturated carbocycles. The van der Waals surface area contributed by atoms with E-state index in [1.54, 1.807) is 36.5 Å². The molecule has 0 unspecified atom stereocenters. The summed E-state index contributed by atoms with van der Waals surface area (Å²) in [6, 6.07) is 11.4. The molecular weight excluding hydrogens is 418 g/mol. The van der Waals surface area contributed by atoms with Gasteiger partial charge in [-0.2, -0.15) is 4.98 Å². The maximum Gasteiger partial charge on any atom is 0.240 e. The molecule has 0 atom stereocenters. The van der Waals surface area contributed by atoms with Gasteiger partial charge in [-0.3, -0.25) is 0 Å². The molecule has 150 valence electrons. The zero-order valence-corrected chi connectivity index (χ0v) is 16.7. The molecule has 3 N–H and O–H groups in total. The lowest BCUT2D eigenvalue weighted by atomic mass is 10.2. The second kappa shape index (κ2) is 7.74. The van der Waals surface area contributed by atoms with E-state index in [9.17, 15) is 8.42 Å². The molecule has 29 heavy (non-hydrogen) atoms. The highest BCUT2D eigenvalue weighted by molar-refractivity contribution is 7.89. The lowest BCUT2D eigenvalue weighted by molar-refractivity contribution is 0.174. The van der Waals surface area contributed by atoms with Gasteiger partial charge in [0, 0.05) is 11.9 Å². The first-order chi connectivity index (χ1) is 14.0. The van der Waals surface area contributed by atoms with Crippen LogP contribution in [-0.4, -0.2) is 32.2 Å². The minimum atomic E-state index is -3.56. The molecule has 0 bridgehead atoms. The van der Waals surface area contributed by atoms with E-state index in [2.05, 4.69) is 25.3 Å². The van der Waals surface area contributed by atoms with Crippen LogP contribution in [0, 0.1) is 0 Å². The summed E-state index contributed by atoms with van der Waals surface area (Å²) in [5.74, 6) is 1.84. The number of hydrogen-bond donors (Lipinski definition) is 3. The maximum atomic E-state index is 12.0. The standard InChI is InChI=1S/C18H16ClN5O4S/c1-20-29(25,26)12-4-2-3-11(9-12)22-18-21-8-7-15(24-18)23-16-13(19)5-6-14-17(16)28-10-27-14/h2-9,20H,10H2,1H3,(H2,21,22,23,24). The molecule has 0 radical (unpaired) electrons. The average Bonchev–Trinajstić information content (AvgIpc) is 3.20. The molecule has 1 aromatic heterocycles. The van der Waals surface area contributed by atoms with Gasteiger partial charge in [-0.1, -0.05) is 17.7 Å². The molecule has 0 saturated heterocycles. The predicted molar refractivity (Wildman–Crippen MR) is 109 cm³/mol. The molecule has 4 rings (SSSR count). The largest absolute Gasteiger partial charge is 0.454 e. The van der Waals surface area contributed by atoms with Crippen LogP contribution in [0.2, 0.25) is 5.02 Å². The highest BCUT2D eigenvalue weighted by Gasteiger charge is 2.21. The molecule has 0 spiro atoms. The summed E-state index contributed by atoms with van der Waals surface area (Å²) in [5.41, 5.74) is 1.06. The lowest BCUT2D eigenvalue weighted by Crippen LogP contribution is -2.18. The van der Waals surface area contributed by atoms with Gasteiger partial charge in [-0.05, 0) is 43.4 Å². The number of aromatic nitrogens is 2. The van der Waals surface area contributed by atoms with Crippen molar-refractivity contribution in [2.24, 2.45) is 0 Å². The van der Waals surface area contributed by atoms with E-state index >= 15 is 0 Å². The number of nitrogens with one attached hydrogen (secondary N) is 3. The molecule has 1 aliphatic heterocycles. The second-order valence-corrected chi connectivity index (χ2v) is 8.20. The first-order valence-corrected chi connectivity index (χ1v) is 10.3. The summed E-state index contributed by atoms with van der Waals surface area (Å²) < 4.78 is 37.1. The van der Waals surface area contributed by atoms with Crippen molar-refractivity contribution in [3.05, 3.63) is 53.7 Å². The fraction of sp³-hybridized carbons (Fsp3) is 0.111. The van der Waals surface area contributed by atoms with Crippen molar-refractivity contribution < 1.29 is 17.9 Å². The number of halogens is 1. The normalized spacial score (nSPS) is 12.6. The number of nitrogens with zero attached hydrogens (tertiary/aromatic N) is 2. The number of hydrogen-bond acceptors (Lipinski definition) is 8. The Hall–Kier alpha value is -3.08. The molecule has 0 aliphatic carbocycles. The van der Waals surface area contributed by atoms with Crippen LogP contribution in [0.1, 0.15) is 0 Å². The van der Waals surface area contributed by atoms with Crippen molar-refractivity contribution in [3.8, 4) is 11.5 Å². The summed E-state index contributed by atoms with van der Waals surface area (Å²) >= 11 is 6.28. The third-order valence-corrected chi connectivity index (χ3v) is 5.79. The van der Waals surface area contributed by atoms with Crippen LogP contribution < -0.4 is 24.8 Å². The molecule has 11 heteroatoms. The van der Waals surface area contributed by atoms with Crippen LogP contribution in [0.4, 0.5) is 23.1 Å². The van der Waals surface area contributed by atoms with Gasteiger partial charge in [0.2, 0.25) is 22.8 Å². The maximum absolute atomic E-state index is 12.0. The van der Waals surface area contributed by atoms with Crippen molar-refractivity contribution in [1.29, 1.82) is 0 Å². The number of benzene rings is 2. The fourth-order valence-electron chi connectivity index (χ4n) is 2.67. The van der Waals surface area contributed by atoms with Crippen molar-refractivity contribution in [2.45, 2.75) is 4.90 Å². The van der Waals surface area contributed by atoms with E-state index in [-0.39, 0.29) is 17.6 Å². The molecule has 1 aliphatic rings. The zero-order valence-electron chi connectivity index (χ0n) is 15.1. The summed E-state index contributed by atoms with van der Waals surface area (Å²) in [4.78, 5) is 8.68. The lowest BCUT2D eigenvalue weighted by Gasteiger charge is -2.12. The van der Waals surface area contributed by atoms with Crippen LogP contribution in [0.5, 0.6) is 11.5 Å². The Morgan fingerprint density at radius 1 is 1.10 bits per heavy atom. The molecule has 0 amide bonds. The summed E-state index contributed by atoms with van der Waals surface area (Å²) in [6.07, 6.45) is 1.56. The van der Waals surface area contributed by atoms with Gasteiger partial charge in [0.25, 0.3) is 0 Å². The van der Waals surface area contributed by atoms with Crippen molar-refractivity contribution >= 4 is 44.8 Å². The Morgan fingerprint density at radius 3 is 2.79 bits per heavy atom. The molecule has 9 nitrogen and oxygen atoms in total. The van der Waals surface area contributed by atoms with Gasteiger partial charge in [0.05, 0.1) is 9.92 Å². The Kier molecular flexibility index (Phi) is 5.14. The third kappa shape index (κ3) is 4.04. The van der Waals surface area contributed by atoms with Crippen LogP contribution >= 0.6 is 11.6 Å². The second-order valence-electron chi connectivity index (χ2n) is 5.91. The minimum Gasteiger partial charge on any atom is -0.454 e. The Labute approximate surface area is 172 Å². The molecule has 2 heterocycles. The SMILES string of the molecule is CNS(=O)(=O)c1cccc(Nc2nccc(Nc3c(Cl)ccc4c3OCO4)n2)c1. The minimum absolute atomic E-state index is 0.118. The van der Waals surface area contributed by atoms with E-state index in [1.807, 2.05) is 0 Å². The topological polar surface area (TPSA) is 114 Å². The van der Waals surface area contributed by atoms with Gasteiger partial charge in [-0.25, -0.2) is 18.1 Å². The number of anilines is 4. The Morgan fingerprint density at radius 2 is 1.97 bits per heavy atom. The average molecular weight is 434 g/mol.